The second kappa shape index (κ2) is 7.43. The van der Waals surface area contributed by atoms with Gasteiger partial charge in [-0.1, -0.05) is 42.5 Å². The van der Waals surface area contributed by atoms with Gasteiger partial charge < -0.3 is 14.8 Å². The van der Waals surface area contributed by atoms with Crippen LogP contribution in [0.4, 0.5) is 0 Å². The third-order valence-electron chi connectivity index (χ3n) is 4.18. The summed E-state index contributed by atoms with van der Waals surface area (Å²) < 4.78 is 11.4. The molecule has 0 spiro atoms. The van der Waals surface area contributed by atoms with Gasteiger partial charge in [0.25, 0.3) is 0 Å². The highest BCUT2D eigenvalue weighted by Gasteiger charge is 2.26. The Balaban J connectivity index is 1.67. The van der Waals surface area contributed by atoms with Crippen molar-refractivity contribution in [2.75, 3.05) is 13.7 Å². The Morgan fingerprint density at radius 2 is 1.82 bits per heavy atom. The van der Waals surface area contributed by atoms with Crippen molar-refractivity contribution in [3.8, 4) is 5.75 Å². The number of ether oxygens (including phenoxy) is 2. The molecule has 22 heavy (non-hydrogen) atoms. The van der Waals surface area contributed by atoms with E-state index in [0.717, 1.165) is 25.1 Å². The molecule has 3 heteroatoms. The van der Waals surface area contributed by atoms with E-state index in [4.69, 9.17) is 9.47 Å². The fourth-order valence-corrected chi connectivity index (χ4v) is 2.96. The molecule has 3 nitrogen and oxygen atoms in total. The van der Waals surface area contributed by atoms with Crippen molar-refractivity contribution < 1.29 is 9.47 Å². The van der Waals surface area contributed by atoms with Gasteiger partial charge in [-0.3, -0.25) is 0 Å². The summed E-state index contributed by atoms with van der Waals surface area (Å²) in [5, 5.41) is 3.59. The van der Waals surface area contributed by atoms with Crippen LogP contribution in [0, 0.1) is 0 Å². The van der Waals surface area contributed by atoms with E-state index >= 15 is 0 Å². The molecular weight excluding hydrogens is 274 g/mol. The quantitative estimate of drug-likeness (QED) is 0.912. The monoisotopic (exact) mass is 297 g/mol. The molecular formula is C19H23NO2. The lowest BCUT2D eigenvalue weighted by Gasteiger charge is -2.33. The summed E-state index contributed by atoms with van der Waals surface area (Å²) in [6.07, 6.45) is 2.46. The molecule has 0 bridgehead atoms. The lowest BCUT2D eigenvalue weighted by Crippen LogP contribution is -2.39. The Hall–Kier alpha value is -1.84. The first kappa shape index (κ1) is 15.1. The first-order valence-corrected chi connectivity index (χ1v) is 7.89. The van der Waals surface area contributed by atoms with Gasteiger partial charge >= 0.3 is 0 Å². The van der Waals surface area contributed by atoms with Crippen molar-refractivity contribution in [2.45, 2.75) is 31.6 Å². The minimum Gasteiger partial charge on any atom is -0.497 e. The SMILES string of the molecule is COc1ccc([C@H]2NCCC[C@@H]2OCc2ccccc2)cc1. The number of hydrogen-bond acceptors (Lipinski definition) is 3. The molecule has 1 fully saturated rings. The van der Waals surface area contributed by atoms with Crippen molar-refractivity contribution in [1.29, 1.82) is 0 Å². The highest BCUT2D eigenvalue weighted by Crippen LogP contribution is 2.28. The van der Waals surface area contributed by atoms with Crippen LogP contribution in [-0.4, -0.2) is 19.8 Å². The molecule has 0 aliphatic carbocycles. The molecule has 2 aromatic rings. The Morgan fingerprint density at radius 1 is 1.05 bits per heavy atom. The van der Waals surface area contributed by atoms with Gasteiger partial charge in [0.15, 0.2) is 0 Å². The molecule has 2 aromatic carbocycles. The van der Waals surface area contributed by atoms with Crippen molar-refractivity contribution in [3.63, 3.8) is 0 Å². The number of benzene rings is 2. The maximum Gasteiger partial charge on any atom is 0.118 e. The first-order chi connectivity index (χ1) is 10.9. The Morgan fingerprint density at radius 3 is 2.55 bits per heavy atom. The Kier molecular flexibility index (Phi) is 5.09. The van der Waals surface area contributed by atoms with Gasteiger partial charge in [0.2, 0.25) is 0 Å². The molecule has 1 aliphatic heterocycles. The molecule has 1 saturated heterocycles. The van der Waals surface area contributed by atoms with Crippen LogP contribution in [0.3, 0.4) is 0 Å². The zero-order chi connectivity index (χ0) is 15.2. The molecule has 0 radical (unpaired) electrons. The second-order valence-electron chi connectivity index (χ2n) is 5.68. The smallest absolute Gasteiger partial charge is 0.118 e. The van der Waals surface area contributed by atoms with Crippen LogP contribution in [0.25, 0.3) is 0 Å². The van der Waals surface area contributed by atoms with E-state index in [9.17, 15) is 0 Å². The zero-order valence-electron chi connectivity index (χ0n) is 13.0. The fourth-order valence-electron chi connectivity index (χ4n) is 2.96. The summed E-state index contributed by atoms with van der Waals surface area (Å²) in [6, 6.07) is 18.9. The molecule has 0 saturated carbocycles. The average Bonchev–Trinajstić information content (AvgIpc) is 2.61. The summed E-state index contributed by atoms with van der Waals surface area (Å²) in [4.78, 5) is 0. The van der Waals surface area contributed by atoms with Crippen LogP contribution in [0.2, 0.25) is 0 Å². The van der Waals surface area contributed by atoms with Gasteiger partial charge in [-0.25, -0.2) is 0 Å². The van der Waals surface area contributed by atoms with Crippen LogP contribution in [0.1, 0.15) is 30.0 Å². The second-order valence-corrected chi connectivity index (χ2v) is 5.68. The Bertz CT molecular complexity index is 568. The Labute approximate surface area is 132 Å². The maximum atomic E-state index is 6.20. The van der Waals surface area contributed by atoms with E-state index < -0.39 is 0 Å². The van der Waals surface area contributed by atoms with Gasteiger partial charge in [-0.05, 0) is 42.6 Å². The van der Waals surface area contributed by atoms with Crippen LogP contribution in [0.5, 0.6) is 5.75 Å². The molecule has 1 heterocycles. The van der Waals surface area contributed by atoms with E-state index in [1.807, 2.05) is 18.2 Å². The van der Waals surface area contributed by atoms with Crippen LogP contribution >= 0.6 is 0 Å². The molecule has 116 valence electrons. The summed E-state index contributed by atoms with van der Waals surface area (Å²) in [7, 11) is 1.69. The number of rotatable bonds is 5. The predicted molar refractivity (Wildman–Crippen MR) is 88.0 cm³/mol. The minimum absolute atomic E-state index is 0.211. The van der Waals surface area contributed by atoms with Crippen LogP contribution in [-0.2, 0) is 11.3 Å². The molecule has 0 unspecified atom stereocenters. The van der Waals surface area contributed by atoms with E-state index in [2.05, 4.69) is 41.7 Å². The van der Waals surface area contributed by atoms with Gasteiger partial charge in [0.05, 0.1) is 25.9 Å². The lowest BCUT2D eigenvalue weighted by atomic mass is 9.94. The first-order valence-electron chi connectivity index (χ1n) is 7.89. The number of hydrogen-bond donors (Lipinski definition) is 1. The number of piperidine rings is 1. The highest BCUT2D eigenvalue weighted by molar-refractivity contribution is 5.30. The van der Waals surface area contributed by atoms with Crippen molar-refractivity contribution in [3.05, 3.63) is 65.7 Å². The average molecular weight is 297 g/mol. The highest BCUT2D eigenvalue weighted by atomic mass is 16.5. The van der Waals surface area contributed by atoms with Gasteiger partial charge in [-0.15, -0.1) is 0 Å². The fraction of sp³-hybridized carbons (Fsp3) is 0.368. The van der Waals surface area contributed by atoms with Crippen molar-refractivity contribution in [2.24, 2.45) is 0 Å². The number of nitrogens with one attached hydrogen (secondary N) is 1. The normalized spacial score (nSPS) is 21.5. The van der Waals surface area contributed by atoms with Gasteiger partial charge in [0.1, 0.15) is 5.75 Å². The third kappa shape index (κ3) is 3.67. The van der Waals surface area contributed by atoms with Gasteiger partial charge in [0, 0.05) is 0 Å². The minimum atomic E-state index is 0.211. The largest absolute Gasteiger partial charge is 0.497 e. The van der Waals surface area contributed by atoms with Gasteiger partial charge in [-0.2, -0.15) is 0 Å². The lowest BCUT2D eigenvalue weighted by molar-refractivity contribution is -0.00357. The van der Waals surface area contributed by atoms with E-state index in [0.29, 0.717) is 6.61 Å². The van der Waals surface area contributed by atoms with Crippen molar-refractivity contribution >= 4 is 0 Å². The molecule has 1 aliphatic rings. The molecule has 0 amide bonds. The van der Waals surface area contributed by atoms with Crippen molar-refractivity contribution in [1.82, 2.24) is 5.32 Å². The molecule has 3 rings (SSSR count). The molecule has 0 aromatic heterocycles. The summed E-state index contributed by atoms with van der Waals surface area (Å²) >= 11 is 0. The summed E-state index contributed by atoms with van der Waals surface area (Å²) in [6.45, 7) is 1.71. The summed E-state index contributed by atoms with van der Waals surface area (Å²) in [5.41, 5.74) is 2.49. The van der Waals surface area contributed by atoms with Crippen LogP contribution < -0.4 is 10.1 Å². The van der Waals surface area contributed by atoms with E-state index in [1.165, 1.54) is 11.1 Å². The number of methoxy groups -OCH3 is 1. The zero-order valence-corrected chi connectivity index (χ0v) is 13.0. The molecule has 1 N–H and O–H groups in total. The standard InChI is InChI=1S/C19H23NO2/c1-21-17-11-9-16(10-12-17)19-18(8-5-13-20-19)22-14-15-6-3-2-4-7-15/h2-4,6-7,9-12,18-20H,5,8,13-14H2,1H3/t18-,19+/m0/s1. The third-order valence-corrected chi connectivity index (χ3v) is 4.18. The van der Waals surface area contributed by atoms with E-state index in [-0.39, 0.29) is 12.1 Å². The topological polar surface area (TPSA) is 30.5 Å². The van der Waals surface area contributed by atoms with Crippen LogP contribution in [0.15, 0.2) is 54.6 Å². The summed E-state index contributed by atoms with van der Waals surface area (Å²) in [5.74, 6) is 0.890. The maximum absolute atomic E-state index is 6.20. The molecule has 2 atom stereocenters. The predicted octanol–water partition coefficient (Wildman–Crippen LogP) is 3.71. The van der Waals surface area contributed by atoms with E-state index in [1.54, 1.807) is 7.11 Å².